The molecule has 0 aliphatic heterocycles. The summed E-state index contributed by atoms with van der Waals surface area (Å²) in [5, 5.41) is 0. The molecule has 1 fully saturated rings. The zero-order valence-electron chi connectivity index (χ0n) is 9.27. The molecule has 0 nitrogen and oxygen atoms in total. The molecule has 0 heteroatoms. The van der Waals surface area contributed by atoms with Crippen molar-refractivity contribution in [3.63, 3.8) is 0 Å². The maximum atomic E-state index is 2.42. The number of hydrogen-bond acceptors (Lipinski definition) is 0. The molecule has 1 aliphatic carbocycles. The Hall–Kier alpha value is -0.520. The quantitative estimate of drug-likeness (QED) is 0.559. The summed E-state index contributed by atoms with van der Waals surface area (Å²) >= 11 is 0. The minimum absolute atomic E-state index is 0.489. The fourth-order valence-corrected chi connectivity index (χ4v) is 2.36. The van der Waals surface area contributed by atoms with Gasteiger partial charge in [-0.3, -0.25) is 0 Å². The number of allylic oxidation sites excluding steroid dienone is 4. The van der Waals surface area contributed by atoms with E-state index in [1.165, 1.54) is 25.7 Å². The van der Waals surface area contributed by atoms with E-state index < -0.39 is 0 Å². The molecule has 0 atom stereocenters. The van der Waals surface area contributed by atoms with Gasteiger partial charge < -0.3 is 0 Å². The van der Waals surface area contributed by atoms with Crippen molar-refractivity contribution in [1.29, 1.82) is 0 Å². The SMILES string of the molecule is C/C=C\C(=C/CC)C1(C)CCCC1. The van der Waals surface area contributed by atoms with Gasteiger partial charge in [-0.05, 0) is 37.2 Å². The van der Waals surface area contributed by atoms with Crippen LogP contribution in [0.2, 0.25) is 0 Å². The van der Waals surface area contributed by atoms with E-state index in [0.29, 0.717) is 5.41 Å². The molecular formula is C13H22. The number of hydrogen-bond donors (Lipinski definition) is 0. The summed E-state index contributed by atoms with van der Waals surface area (Å²) in [7, 11) is 0. The highest BCUT2D eigenvalue weighted by molar-refractivity contribution is 5.26. The zero-order chi connectivity index (χ0) is 9.73. The molecule has 0 amide bonds. The molecule has 0 spiro atoms. The summed E-state index contributed by atoms with van der Waals surface area (Å²) in [5.41, 5.74) is 2.05. The van der Waals surface area contributed by atoms with Crippen molar-refractivity contribution in [2.75, 3.05) is 0 Å². The molecule has 0 aromatic carbocycles. The van der Waals surface area contributed by atoms with E-state index >= 15 is 0 Å². The largest absolute Gasteiger partial charge is 0.0874 e. The monoisotopic (exact) mass is 178 g/mol. The van der Waals surface area contributed by atoms with Crippen molar-refractivity contribution in [3.8, 4) is 0 Å². The Morgan fingerprint density at radius 1 is 1.31 bits per heavy atom. The van der Waals surface area contributed by atoms with Gasteiger partial charge in [-0.1, -0.05) is 44.9 Å². The third kappa shape index (κ3) is 2.46. The van der Waals surface area contributed by atoms with Gasteiger partial charge in [0.2, 0.25) is 0 Å². The lowest BCUT2D eigenvalue weighted by Crippen LogP contribution is -2.13. The van der Waals surface area contributed by atoms with Gasteiger partial charge in [0.1, 0.15) is 0 Å². The lowest BCUT2D eigenvalue weighted by molar-refractivity contribution is 0.423. The van der Waals surface area contributed by atoms with Crippen LogP contribution in [0.4, 0.5) is 0 Å². The lowest BCUT2D eigenvalue weighted by Gasteiger charge is -2.25. The van der Waals surface area contributed by atoms with Gasteiger partial charge in [-0.2, -0.15) is 0 Å². The predicted molar refractivity (Wildman–Crippen MR) is 59.8 cm³/mol. The van der Waals surface area contributed by atoms with E-state index in [9.17, 15) is 0 Å². The van der Waals surface area contributed by atoms with Crippen LogP contribution in [0.15, 0.2) is 23.8 Å². The van der Waals surface area contributed by atoms with Crippen LogP contribution in [-0.4, -0.2) is 0 Å². The Morgan fingerprint density at radius 2 is 1.92 bits per heavy atom. The first-order valence-electron chi connectivity index (χ1n) is 5.56. The Kier molecular flexibility index (Phi) is 3.77. The molecule has 0 bridgehead atoms. The third-order valence-electron chi connectivity index (χ3n) is 3.17. The van der Waals surface area contributed by atoms with Crippen LogP contribution in [0.5, 0.6) is 0 Å². The Bertz CT molecular complexity index is 202. The van der Waals surface area contributed by atoms with Gasteiger partial charge in [0.15, 0.2) is 0 Å². The van der Waals surface area contributed by atoms with Gasteiger partial charge in [-0.15, -0.1) is 0 Å². The minimum Gasteiger partial charge on any atom is -0.0874 e. The van der Waals surface area contributed by atoms with Crippen LogP contribution in [0.3, 0.4) is 0 Å². The smallest absolute Gasteiger partial charge is 0.00785 e. The minimum atomic E-state index is 0.489. The highest BCUT2D eigenvalue weighted by Crippen LogP contribution is 2.44. The molecule has 0 heterocycles. The van der Waals surface area contributed by atoms with E-state index in [1.54, 1.807) is 5.57 Å². The van der Waals surface area contributed by atoms with Crippen LogP contribution in [0, 0.1) is 5.41 Å². The Labute approximate surface area is 82.7 Å². The van der Waals surface area contributed by atoms with E-state index in [1.807, 2.05) is 0 Å². The molecule has 0 saturated heterocycles. The van der Waals surface area contributed by atoms with Crippen molar-refractivity contribution in [3.05, 3.63) is 23.8 Å². The highest BCUT2D eigenvalue weighted by atomic mass is 14.3. The maximum absolute atomic E-state index is 2.42. The van der Waals surface area contributed by atoms with Gasteiger partial charge in [-0.25, -0.2) is 0 Å². The van der Waals surface area contributed by atoms with Crippen LogP contribution in [0.1, 0.15) is 52.9 Å². The van der Waals surface area contributed by atoms with Crippen LogP contribution in [-0.2, 0) is 0 Å². The normalized spacial score (nSPS) is 22.8. The molecule has 0 N–H and O–H groups in total. The summed E-state index contributed by atoms with van der Waals surface area (Å²) in [5.74, 6) is 0. The molecule has 1 rings (SSSR count). The topological polar surface area (TPSA) is 0 Å². The van der Waals surface area contributed by atoms with Crippen molar-refractivity contribution in [2.24, 2.45) is 5.41 Å². The van der Waals surface area contributed by atoms with Gasteiger partial charge in [0.05, 0.1) is 0 Å². The van der Waals surface area contributed by atoms with Gasteiger partial charge in [0, 0.05) is 0 Å². The van der Waals surface area contributed by atoms with Gasteiger partial charge >= 0.3 is 0 Å². The second-order valence-corrected chi connectivity index (χ2v) is 4.34. The fourth-order valence-electron chi connectivity index (χ4n) is 2.36. The molecule has 1 aliphatic rings. The van der Waals surface area contributed by atoms with E-state index in [4.69, 9.17) is 0 Å². The Morgan fingerprint density at radius 3 is 2.38 bits per heavy atom. The number of rotatable bonds is 3. The van der Waals surface area contributed by atoms with Crippen LogP contribution in [0.25, 0.3) is 0 Å². The summed E-state index contributed by atoms with van der Waals surface area (Å²) in [6.45, 7) is 6.76. The molecule has 13 heavy (non-hydrogen) atoms. The molecule has 0 aromatic rings. The summed E-state index contributed by atoms with van der Waals surface area (Å²) in [6.07, 6.45) is 13.6. The first-order chi connectivity index (χ1) is 6.23. The fraction of sp³-hybridized carbons (Fsp3) is 0.692. The van der Waals surface area contributed by atoms with Crippen molar-refractivity contribution < 1.29 is 0 Å². The van der Waals surface area contributed by atoms with Gasteiger partial charge in [0.25, 0.3) is 0 Å². The molecule has 0 unspecified atom stereocenters. The lowest BCUT2D eigenvalue weighted by atomic mass is 9.80. The second-order valence-electron chi connectivity index (χ2n) is 4.34. The average Bonchev–Trinajstić information content (AvgIpc) is 2.53. The third-order valence-corrected chi connectivity index (χ3v) is 3.17. The van der Waals surface area contributed by atoms with Crippen molar-refractivity contribution in [1.82, 2.24) is 0 Å². The maximum Gasteiger partial charge on any atom is -0.00785 e. The average molecular weight is 178 g/mol. The van der Waals surface area contributed by atoms with Crippen molar-refractivity contribution >= 4 is 0 Å². The molecule has 74 valence electrons. The molecular weight excluding hydrogens is 156 g/mol. The predicted octanol–water partition coefficient (Wildman–Crippen LogP) is 4.48. The van der Waals surface area contributed by atoms with Crippen molar-refractivity contribution in [2.45, 2.75) is 52.9 Å². The molecule has 0 radical (unpaired) electrons. The highest BCUT2D eigenvalue weighted by Gasteiger charge is 2.30. The second kappa shape index (κ2) is 4.64. The first kappa shape index (κ1) is 10.6. The van der Waals surface area contributed by atoms with Crippen LogP contribution >= 0.6 is 0 Å². The molecule has 1 saturated carbocycles. The van der Waals surface area contributed by atoms with E-state index in [0.717, 1.165) is 6.42 Å². The van der Waals surface area contributed by atoms with E-state index in [-0.39, 0.29) is 0 Å². The standard InChI is InChI=1S/C13H22/c1-4-8-12(9-5-2)13(3)10-6-7-11-13/h4,8-9H,5-7,10-11H2,1-3H3/b8-4-,12-9+. The zero-order valence-corrected chi connectivity index (χ0v) is 9.27. The summed E-state index contributed by atoms with van der Waals surface area (Å²) in [6, 6.07) is 0. The summed E-state index contributed by atoms with van der Waals surface area (Å²) in [4.78, 5) is 0. The van der Waals surface area contributed by atoms with Crippen LogP contribution < -0.4 is 0 Å². The Balaban J connectivity index is 2.79. The first-order valence-corrected chi connectivity index (χ1v) is 5.56. The molecule has 0 aromatic heterocycles. The summed E-state index contributed by atoms with van der Waals surface area (Å²) < 4.78 is 0. The van der Waals surface area contributed by atoms with E-state index in [2.05, 4.69) is 39.0 Å².